The van der Waals surface area contributed by atoms with E-state index in [1.54, 1.807) is 24.4 Å². The smallest absolute Gasteiger partial charge is 0.328 e. The van der Waals surface area contributed by atoms with Crippen molar-refractivity contribution in [3.05, 3.63) is 40.1 Å². The van der Waals surface area contributed by atoms with Crippen LogP contribution in [0.2, 0.25) is 0 Å². The normalized spacial score (nSPS) is 16.9. The lowest BCUT2D eigenvalue weighted by atomic mass is 10.0. The Balaban J connectivity index is 1.70. The highest BCUT2D eigenvalue weighted by Gasteiger charge is 2.33. The molecule has 2 N–H and O–H groups in total. The first-order chi connectivity index (χ1) is 19.4. The monoisotopic (exact) mass is 609 g/mol. The summed E-state index contributed by atoms with van der Waals surface area (Å²) < 4.78 is 53.3. The molecule has 0 aliphatic carbocycles. The number of hydrogen-bond acceptors (Lipinski definition) is 8. The second kappa shape index (κ2) is 12.7. The number of benzene rings is 1. The molecule has 0 bridgehead atoms. The van der Waals surface area contributed by atoms with Gasteiger partial charge in [0.15, 0.2) is 11.3 Å². The third-order valence-electron chi connectivity index (χ3n) is 7.59. The van der Waals surface area contributed by atoms with Gasteiger partial charge in [0, 0.05) is 19.0 Å². The standard InChI is InChI=1S/C27H40N5O7PS/c1-6-20(7-2)26-28-18(5)24-27(33)29-25(30-32(24)26)22-16-21(10-11-23(22)38-8-3)41(36,37)31-14-12-19(13-15-31)17-40(34,35)39-9-4/h10-11,16,19-20H,6-9,12-15,17H2,1-5H3,(H,34,35)(H,29,30,33). The molecule has 0 amide bonds. The van der Waals surface area contributed by atoms with Crippen molar-refractivity contribution in [2.45, 2.75) is 71.1 Å². The van der Waals surface area contributed by atoms with Gasteiger partial charge in [0.05, 0.1) is 35.5 Å². The van der Waals surface area contributed by atoms with Gasteiger partial charge in [0.25, 0.3) is 5.56 Å². The molecule has 2 aromatic heterocycles. The first-order valence-electron chi connectivity index (χ1n) is 14.2. The van der Waals surface area contributed by atoms with E-state index >= 15 is 0 Å². The highest BCUT2D eigenvalue weighted by atomic mass is 32.2. The third-order valence-corrected chi connectivity index (χ3v) is 11.1. The molecule has 1 fully saturated rings. The van der Waals surface area contributed by atoms with Crippen molar-refractivity contribution in [3.63, 3.8) is 0 Å². The molecular weight excluding hydrogens is 569 g/mol. The first-order valence-corrected chi connectivity index (χ1v) is 17.4. The fourth-order valence-electron chi connectivity index (χ4n) is 5.43. The van der Waals surface area contributed by atoms with Crippen molar-refractivity contribution >= 4 is 23.1 Å². The van der Waals surface area contributed by atoms with E-state index in [4.69, 9.17) is 14.4 Å². The molecule has 3 aromatic rings. The number of fused-ring (bicyclic) bond motifs is 1. The molecule has 226 valence electrons. The molecule has 1 unspecified atom stereocenters. The minimum absolute atomic E-state index is 0.00999. The molecule has 1 aliphatic heterocycles. The fourth-order valence-corrected chi connectivity index (χ4v) is 8.45. The van der Waals surface area contributed by atoms with E-state index in [2.05, 4.69) is 23.8 Å². The summed E-state index contributed by atoms with van der Waals surface area (Å²) in [6.45, 7) is 10.3. The van der Waals surface area contributed by atoms with Gasteiger partial charge in [-0.05, 0) is 70.6 Å². The number of H-pyrrole nitrogens is 1. The molecule has 0 spiro atoms. The number of hydrogen-bond donors (Lipinski definition) is 2. The topological polar surface area (TPSA) is 156 Å². The Bertz CT molecular complexity index is 1590. The summed E-state index contributed by atoms with van der Waals surface area (Å²) in [4.78, 5) is 30.7. The van der Waals surface area contributed by atoms with Gasteiger partial charge in [-0.15, -0.1) is 5.10 Å². The number of rotatable bonds is 12. The van der Waals surface area contributed by atoms with E-state index in [0.717, 1.165) is 12.8 Å². The maximum absolute atomic E-state index is 13.7. The lowest BCUT2D eigenvalue weighted by Gasteiger charge is -2.31. The zero-order valence-corrected chi connectivity index (χ0v) is 26.0. The van der Waals surface area contributed by atoms with Crippen LogP contribution in [0.15, 0.2) is 27.9 Å². The quantitative estimate of drug-likeness (QED) is 0.286. The number of aryl methyl sites for hydroxylation is 1. The average molecular weight is 610 g/mol. The summed E-state index contributed by atoms with van der Waals surface area (Å²) in [6, 6.07) is 4.54. The lowest BCUT2D eigenvalue weighted by molar-refractivity contribution is 0.248. The van der Waals surface area contributed by atoms with Gasteiger partial charge in [0.1, 0.15) is 11.6 Å². The number of piperidine rings is 1. The maximum atomic E-state index is 13.7. The molecular formula is C27H40N5O7PS. The van der Waals surface area contributed by atoms with Crippen LogP contribution in [0.3, 0.4) is 0 Å². The number of aromatic nitrogens is 4. The third kappa shape index (κ3) is 6.59. The molecule has 3 heterocycles. The van der Waals surface area contributed by atoms with Crippen LogP contribution in [0.5, 0.6) is 5.75 Å². The maximum Gasteiger partial charge on any atom is 0.328 e. The number of sulfonamides is 1. The van der Waals surface area contributed by atoms with E-state index in [0.29, 0.717) is 47.8 Å². The molecule has 1 aliphatic rings. The second-order valence-electron chi connectivity index (χ2n) is 10.3. The van der Waals surface area contributed by atoms with E-state index < -0.39 is 17.6 Å². The van der Waals surface area contributed by atoms with Gasteiger partial charge >= 0.3 is 7.60 Å². The number of nitrogens with zero attached hydrogens (tertiary/aromatic N) is 4. The largest absolute Gasteiger partial charge is 0.493 e. The minimum atomic E-state index is -3.90. The van der Waals surface area contributed by atoms with Crippen molar-refractivity contribution in [1.82, 2.24) is 23.9 Å². The molecule has 1 atom stereocenters. The summed E-state index contributed by atoms with van der Waals surface area (Å²) in [7, 11) is -7.59. The zero-order valence-electron chi connectivity index (χ0n) is 24.3. The number of imidazole rings is 1. The number of ether oxygens (including phenoxy) is 1. The Hall–Kier alpha value is -2.57. The van der Waals surface area contributed by atoms with Crippen LogP contribution >= 0.6 is 7.60 Å². The van der Waals surface area contributed by atoms with E-state index in [-0.39, 0.29) is 54.0 Å². The van der Waals surface area contributed by atoms with Gasteiger partial charge in [-0.25, -0.2) is 17.9 Å². The summed E-state index contributed by atoms with van der Waals surface area (Å²) in [5.74, 6) is 1.26. The predicted octanol–water partition coefficient (Wildman–Crippen LogP) is 4.32. The van der Waals surface area contributed by atoms with Crippen molar-refractivity contribution in [1.29, 1.82) is 0 Å². The van der Waals surface area contributed by atoms with Gasteiger partial charge < -0.3 is 19.1 Å². The Morgan fingerprint density at radius 1 is 1.15 bits per heavy atom. The second-order valence-corrected chi connectivity index (χ2v) is 14.1. The van der Waals surface area contributed by atoms with Crippen molar-refractivity contribution in [3.8, 4) is 17.1 Å². The van der Waals surface area contributed by atoms with Crippen LogP contribution in [0, 0.1) is 12.8 Å². The SMILES string of the molecule is CCOc1ccc(S(=O)(=O)N2CCC(CP(=O)(O)OCC)CC2)cc1-c1nn2c(C(CC)CC)nc(C)c2c(=O)[nH]1. The van der Waals surface area contributed by atoms with E-state index in [1.807, 2.05) is 6.92 Å². The molecule has 0 radical (unpaired) electrons. The Kier molecular flexibility index (Phi) is 9.75. The molecule has 41 heavy (non-hydrogen) atoms. The number of nitrogens with one attached hydrogen (secondary N) is 1. The van der Waals surface area contributed by atoms with Crippen molar-refractivity contribution < 1.29 is 27.1 Å². The molecule has 1 saturated heterocycles. The zero-order chi connectivity index (χ0) is 29.9. The summed E-state index contributed by atoms with van der Waals surface area (Å²) >= 11 is 0. The first kappa shape index (κ1) is 31.4. The highest BCUT2D eigenvalue weighted by molar-refractivity contribution is 7.89. The van der Waals surface area contributed by atoms with Crippen LogP contribution in [0.1, 0.15) is 70.8 Å². The van der Waals surface area contributed by atoms with Crippen LogP contribution in [-0.2, 0) is 19.1 Å². The summed E-state index contributed by atoms with van der Waals surface area (Å²) in [5.41, 5.74) is 0.914. The van der Waals surface area contributed by atoms with Crippen LogP contribution in [0.4, 0.5) is 0 Å². The van der Waals surface area contributed by atoms with E-state index in [9.17, 15) is 22.7 Å². The van der Waals surface area contributed by atoms with Gasteiger partial charge in [0.2, 0.25) is 10.0 Å². The summed E-state index contributed by atoms with van der Waals surface area (Å²) in [6.07, 6.45) is 2.57. The molecule has 4 rings (SSSR count). The Labute approximate surface area is 240 Å². The molecule has 14 heteroatoms. The minimum Gasteiger partial charge on any atom is -0.493 e. The molecule has 1 aromatic carbocycles. The fraction of sp³-hybridized carbons (Fsp3) is 0.593. The highest BCUT2D eigenvalue weighted by Crippen LogP contribution is 2.45. The molecule has 12 nitrogen and oxygen atoms in total. The number of aromatic amines is 1. The van der Waals surface area contributed by atoms with Crippen molar-refractivity contribution in [2.24, 2.45) is 5.92 Å². The van der Waals surface area contributed by atoms with Crippen LogP contribution < -0.4 is 10.3 Å². The average Bonchev–Trinajstić information content (AvgIpc) is 3.26. The Morgan fingerprint density at radius 3 is 2.44 bits per heavy atom. The van der Waals surface area contributed by atoms with Crippen molar-refractivity contribution in [2.75, 3.05) is 32.5 Å². The van der Waals surface area contributed by atoms with Gasteiger partial charge in [-0.1, -0.05) is 13.8 Å². The van der Waals surface area contributed by atoms with Gasteiger partial charge in [-0.2, -0.15) is 4.31 Å². The van der Waals surface area contributed by atoms with E-state index in [1.165, 1.54) is 16.4 Å². The van der Waals surface area contributed by atoms with Gasteiger partial charge in [-0.3, -0.25) is 9.36 Å². The van der Waals surface area contributed by atoms with Crippen LogP contribution in [-0.4, -0.2) is 69.7 Å². The predicted molar refractivity (Wildman–Crippen MR) is 156 cm³/mol. The van der Waals surface area contributed by atoms with Crippen LogP contribution in [0.25, 0.3) is 16.9 Å². The lowest BCUT2D eigenvalue weighted by Crippen LogP contribution is -2.39. The summed E-state index contributed by atoms with van der Waals surface area (Å²) in [5, 5.41) is 4.73. The Morgan fingerprint density at radius 2 is 1.83 bits per heavy atom. The molecule has 0 saturated carbocycles.